The summed E-state index contributed by atoms with van der Waals surface area (Å²) in [5, 5.41) is 4.78. The van der Waals surface area contributed by atoms with Gasteiger partial charge in [0.2, 0.25) is 5.95 Å². The van der Waals surface area contributed by atoms with Crippen LogP contribution in [0.5, 0.6) is 0 Å². The largest absolute Gasteiger partial charge is 0.366 e. The van der Waals surface area contributed by atoms with Crippen LogP contribution in [0.4, 0.5) is 5.95 Å². The van der Waals surface area contributed by atoms with E-state index < -0.39 is 5.91 Å². The first kappa shape index (κ1) is 11.1. The molecule has 0 aliphatic rings. The van der Waals surface area contributed by atoms with Crippen LogP contribution in [-0.4, -0.2) is 25.7 Å². The number of rotatable bonds is 2. The minimum atomic E-state index is -0.581. The first-order valence-corrected chi connectivity index (χ1v) is 5.52. The van der Waals surface area contributed by atoms with Gasteiger partial charge < -0.3 is 11.5 Å². The van der Waals surface area contributed by atoms with Gasteiger partial charge in [0.25, 0.3) is 5.91 Å². The molecule has 1 aromatic carbocycles. The molecule has 7 nitrogen and oxygen atoms in total. The van der Waals surface area contributed by atoms with Crippen molar-refractivity contribution in [3.05, 3.63) is 42.4 Å². The fourth-order valence-electron chi connectivity index (χ4n) is 1.94. The molecule has 2 heterocycles. The fraction of sp³-hybridized carbons (Fsp3) is 0. The molecule has 0 unspecified atom stereocenters. The highest BCUT2D eigenvalue weighted by molar-refractivity contribution is 6.03. The smallest absolute Gasteiger partial charge is 0.252 e. The van der Waals surface area contributed by atoms with Crippen LogP contribution in [0.2, 0.25) is 0 Å². The number of nitrogens with two attached hydrogens (primary N) is 2. The molecule has 4 N–H and O–H groups in total. The lowest BCUT2D eigenvalue weighted by molar-refractivity contribution is 0.1000. The minimum absolute atomic E-state index is 0.122. The maximum absolute atomic E-state index is 11.5. The molecule has 0 aliphatic heterocycles. The maximum atomic E-state index is 11.5. The van der Waals surface area contributed by atoms with E-state index in [4.69, 9.17) is 11.5 Å². The first-order valence-electron chi connectivity index (χ1n) is 5.52. The second kappa shape index (κ2) is 4.05. The van der Waals surface area contributed by atoms with Gasteiger partial charge in [-0.25, -0.2) is 9.67 Å². The summed E-state index contributed by atoms with van der Waals surface area (Å²) in [6, 6.07) is 7.38. The van der Waals surface area contributed by atoms with Gasteiger partial charge in [-0.1, -0.05) is 18.2 Å². The average molecular weight is 254 g/mol. The van der Waals surface area contributed by atoms with Crippen molar-refractivity contribution in [2.45, 2.75) is 0 Å². The predicted molar refractivity (Wildman–Crippen MR) is 69.6 cm³/mol. The van der Waals surface area contributed by atoms with E-state index in [1.165, 1.54) is 17.2 Å². The van der Waals surface area contributed by atoms with Gasteiger partial charge in [0.05, 0.1) is 16.8 Å². The first-order chi connectivity index (χ1) is 9.16. The summed E-state index contributed by atoms with van der Waals surface area (Å²) in [5.41, 5.74) is 12.4. The van der Waals surface area contributed by atoms with E-state index >= 15 is 0 Å². The zero-order valence-corrected chi connectivity index (χ0v) is 9.82. The Bertz CT molecular complexity index is 779. The number of carbonyl (C=O) groups excluding carboxylic acids is 1. The lowest BCUT2D eigenvalue weighted by atomic mass is 10.1. The summed E-state index contributed by atoms with van der Waals surface area (Å²) < 4.78 is 1.43. The van der Waals surface area contributed by atoms with Crippen molar-refractivity contribution in [3.8, 4) is 5.69 Å². The third-order valence-electron chi connectivity index (χ3n) is 2.75. The average Bonchev–Trinajstić information content (AvgIpc) is 2.83. The van der Waals surface area contributed by atoms with Crippen molar-refractivity contribution < 1.29 is 4.79 Å². The Morgan fingerprint density at radius 2 is 2.00 bits per heavy atom. The van der Waals surface area contributed by atoms with Crippen molar-refractivity contribution in [2.75, 3.05) is 5.73 Å². The number of primary amides is 1. The van der Waals surface area contributed by atoms with Gasteiger partial charge in [-0.2, -0.15) is 0 Å². The molecule has 19 heavy (non-hydrogen) atoms. The molecule has 0 saturated heterocycles. The number of pyridine rings is 1. The van der Waals surface area contributed by atoms with E-state index in [0.717, 1.165) is 10.9 Å². The Labute approximate surface area is 107 Å². The van der Waals surface area contributed by atoms with E-state index in [1.807, 2.05) is 24.3 Å². The SMILES string of the molecule is NC(=O)c1cnc2ccccc2c1-n1cnc(N)n1. The van der Waals surface area contributed by atoms with Crippen molar-refractivity contribution in [1.82, 2.24) is 19.7 Å². The van der Waals surface area contributed by atoms with Crippen LogP contribution in [0, 0.1) is 0 Å². The number of nitrogens with zero attached hydrogens (tertiary/aromatic N) is 4. The Morgan fingerprint density at radius 3 is 2.68 bits per heavy atom. The molecule has 0 aliphatic carbocycles. The van der Waals surface area contributed by atoms with E-state index in [0.29, 0.717) is 5.69 Å². The molecular formula is C12H10N6O. The van der Waals surface area contributed by atoms with Gasteiger partial charge in [-0.15, -0.1) is 5.10 Å². The molecule has 7 heteroatoms. The quantitative estimate of drug-likeness (QED) is 0.691. The summed E-state index contributed by atoms with van der Waals surface area (Å²) in [7, 11) is 0. The van der Waals surface area contributed by atoms with Crippen molar-refractivity contribution >= 4 is 22.8 Å². The highest BCUT2D eigenvalue weighted by Crippen LogP contribution is 2.23. The Balaban J connectivity index is 2.41. The van der Waals surface area contributed by atoms with Crippen molar-refractivity contribution in [2.24, 2.45) is 5.73 Å². The summed E-state index contributed by atoms with van der Waals surface area (Å²) in [5.74, 6) is -0.460. The van der Waals surface area contributed by atoms with Crippen LogP contribution in [0.1, 0.15) is 10.4 Å². The molecule has 0 radical (unpaired) electrons. The van der Waals surface area contributed by atoms with E-state index in [9.17, 15) is 4.79 Å². The molecule has 0 spiro atoms. The highest BCUT2D eigenvalue weighted by atomic mass is 16.1. The molecule has 94 valence electrons. The van der Waals surface area contributed by atoms with Gasteiger partial charge in [-0.05, 0) is 6.07 Å². The van der Waals surface area contributed by atoms with Crippen LogP contribution in [-0.2, 0) is 0 Å². The lowest BCUT2D eigenvalue weighted by Crippen LogP contribution is -2.16. The number of anilines is 1. The summed E-state index contributed by atoms with van der Waals surface area (Å²) in [6.07, 6.45) is 2.86. The molecular weight excluding hydrogens is 244 g/mol. The monoisotopic (exact) mass is 254 g/mol. The Morgan fingerprint density at radius 1 is 1.21 bits per heavy atom. The zero-order chi connectivity index (χ0) is 13.4. The van der Waals surface area contributed by atoms with Gasteiger partial charge >= 0.3 is 0 Å². The third-order valence-corrected chi connectivity index (χ3v) is 2.75. The van der Waals surface area contributed by atoms with Crippen LogP contribution >= 0.6 is 0 Å². The zero-order valence-electron chi connectivity index (χ0n) is 9.82. The van der Waals surface area contributed by atoms with E-state index in [1.54, 1.807) is 0 Å². The van der Waals surface area contributed by atoms with Crippen LogP contribution in [0.25, 0.3) is 16.6 Å². The molecule has 3 aromatic rings. The third kappa shape index (κ3) is 1.77. The predicted octanol–water partition coefficient (Wildman–Crippen LogP) is 0.497. The highest BCUT2D eigenvalue weighted by Gasteiger charge is 2.15. The van der Waals surface area contributed by atoms with Crippen LogP contribution in [0.15, 0.2) is 36.8 Å². The number of benzene rings is 1. The van der Waals surface area contributed by atoms with Crippen LogP contribution in [0.3, 0.4) is 0 Å². The van der Waals surface area contributed by atoms with Gasteiger partial charge in [0.15, 0.2) is 0 Å². The molecule has 0 atom stereocenters. The molecule has 3 rings (SSSR count). The number of nitrogen functional groups attached to an aromatic ring is 1. The lowest BCUT2D eigenvalue weighted by Gasteiger charge is -2.09. The van der Waals surface area contributed by atoms with Gasteiger partial charge in [-0.3, -0.25) is 9.78 Å². The Hall–Kier alpha value is -2.96. The van der Waals surface area contributed by atoms with Crippen molar-refractivity contribution in [1.29, 1.82) is 0 Å². The summed E-state index contributed by atoms with van der Waals surface area (Å²) in [6.45, 7) is 0. The summed E-state index contributed by atoms with van der Waals surface area (Å²) in [4.78, 5) is 19.6. The second-order valence-electron chi connectivity index (χ2n) is 3.95. The Kier molecular flexibility index (Phi) is 2.38. The van der Waals surface area contributed by atoms with Gasteiger partial charge in [0, 0.05) is 11.6 Å². The number of fused-ring (bicyclic) bond motifs is 1. The normalized spacial score (nSPS) is 10.7. The van der Waals surface area contributed by atoms with Gasteiger partial charge in [0.1, 0.15) is 6.33 Å². The molecule has 0 bridgehead atoms. The minimum Gasteiger partial charge on any atom is -0.366 e. The second-order valence-corrected chi connectivity index (χ2v) is 3.95. The molecule has 2 aromatic heterocycles. The molecule has 1 amide bonds. The van der Waals surface area contributed by atoms with Crippen molar-refractivity contribution in [3.63, 3.8) is 0 Å². The topological polar surface area (TPSA) is 113 Å². The number of amides is 1. The summed E-state index contributed by atoms with van der Waals surface area (Å²) >= 11 is 0. The number of carbonyl (C=O) groups is 1. The molecule has 0 saturated carbocycles. The molecule has 0 fully saturated rings. The number of hydrogen-bond acceptors (Lipinski definition) is 5. The number of hydrogen-bond donors (Lipinski definition) is 2. The van der Waals surface area contributed by atoms with E-state index in [2.05, 4.69) is 15.1 Å². The van der Waals surface area contributed by atoms with E-state index in [-0.39, 0.29) is 11.5 Å². The fourth-order valence-corrected chi connectivity index (χ4v) is 1.94. The number of aromatic nitrogens is 4. The standard InChI is InChI=1S/C12H10N6O/c13-11(19)8-5-15-9-4-2-1-3-7(9)10(8)18-6-16-12(14)17-18/h1-6H,(H2,13,19)(H2,14,17). The maximum Gasteiger partial charge on any atom is 0.252 e. The van der Waals surface area contributed by atoms with Crippen LogP contribution < -0.4 is 11.5 Å². The number of para-hydroxylation sites is 1.